The second-order valence-electron chi connectivity index (χ2n) is 2.59. The molecule has 0 aromatic heterocycles. The van der Waals surface area contributed by atoms with Crippen LogP contribution in [0.3, 0.4) is 0 Å². The van der Waals surface area contributed by atoms with Gasteiger partial charge in [0.15, 0.2) is 0 Å². The number of ether oxygens (including phenoxy) is 1. The van der Waals surface area contributed by atoms with Crippen molar-refractivity contribution in [2.24, 2.45) is 10.8 Å². The molecule has 0 saturated heterocycles. The first-order valence-electron chi connectivity index (χ1n) is 4.44. The van der Waals surface area contributed by atoms with Crippen molar-refractivity contribution < 1.29 is 17.9 Å². The summed E-state index contributed by atoms with van der Waals surface area (Å²) in [5.74, 6) is 5.26. The van der Waals surface area contributed by atoms with Crippen molar-refractivity contribution in [1.82, 2.24) is 10.7 Å². The Morgan fingerprint density at radius 3 is 2.69 bits per heavy atom. The van der Waals surface area contributed by atoms with E-state index in [9.17, 15) is 13.2 Å². The number of thioether (sulfide) groups is 1. The Kier molecular flexibility index (Phi) is 8.12. The molecule has 0 aliphatic rings. The predicted molar refractivity (Wildman–Crippen MR) is 58.0 cm³/mol. The Labute approximate surface area is 96.0 Å². The summed E-state index contributed by atoms with van der Waals surface area (Å²) in [6.45, 7) is 0.930. The smallest absolute Gasteiger partial charge is 0.383 e. The van der Waals surface area contributed by atoms with Crippen LogP contribution in [0.15, 0.2) is 4.99 Å². The highest BCUT2D eigenvalue weighted by atomic mass is 32.2. The maximum Gasteiger partial charge on any atom is 0.441 e. The van der Waals surface area contributed by atoms with Crippen LogP contribution in [0.5, 0.6) is 0 Å². The quantitative estimate of drug-likeness (QED) is 0.210. The number of guanidine groups is 1. The van der Waals surface area contributed by atoms with E-state index in [0.29, 0.717) is 13.2 Å². The van der Waals surface area contributed by atoms with Crippen LogP contribution in [0, 0.1) is 0 Å². The molecule has 9 heteroatoms. The van der Waals surface area contributed by atoms with Crippen LogP contribution in [0.25, 0.3) is 0 Å². The van der Waals surface area contributed by atoms with Gasteiger partial charge in [-0.15, -0.1) is 0 Å². The number of aliphatic imine (C=N–C) groups is 1. The van der Waals surface area contributed by atoms with Crippen LogP contribution < -0.4 is 16.6 Å². The van der Waals surface area contributed by atoms with E-state index in [1.54, 1.807) is 0 Å². The second-order valence-corrected chi connectivity index (χ2v) is 3.75. The average molecular weight is 260 g/mol. The number of halogens is 3. The van der Waals surface area contributed by atoms with Crippen molar-refractivity contribution >= 4 is 17.7 Å². The zero-order valence-corrected chi connectivity index (χ0v) is 9.62. The lowest BCUT2D eigenvalue weighted by molar-refractivity contribution is -0.0327. The fraction of sp³-hybridized carbons (Fsp3) is 0.857. The summed E-state index contributed by atoms with van der Waals surface area (Å²) < 4.78 is 40.0. The number of methoxy groups -OCH3 is 1. The SMILES string of the molecule is COCCN=C(NN)NCCSC(F)(F)F. The molecule has 0 spiro atoms. The third kappa shape index (κ3) is 9.87. The fourth-order valence-electron chi connectivity index (χ4n) is 0.738. The maximum absolute atomic E-state index is 11.8. The van der Waals surface area contributed by atoms with E-state index in [1.807, 2.05) is 0 Å². The summed E-state index contributed by atoms with van der Waals surface area (Å²) in [6, 6.07) is 0. The number of hydrazine groups is 1. The zero-order chi connectivity index (χ0) is 12.4. The van der Waals surface area contributed by atoms with E-state index in [2.05, 4.69) is 15.7 Å². The predicted octanol–water partition coefficient (Wildman–Crippen LogP) is 0.295. The lowest BCUT2D eigenvalue weighted by Crippen LogP contribution is -2.42. The van der Waals surface area contributed by atoms with Gasteiger partial charge in [0, 0.05) is 19.4 Å². The van der Waals surface area contributed by atoms with Gasteiger partial charge in [-0.1, -0.05) is 0 Å². The van der Waals surface area contributed by atoms with Crippen LogP contribution in [-0.4, -0.2) is 44.0 Å². The Hall–Kier alpha value is -0.670. The van der Waals surface area contributed by atoms with Gasteiger partial charge in [0.1, 0.15) is 0 Å². The summed E-state index contributed by atoms with van der Waals surface area (Å²) >= 11 is -0.0964. The summed E-state index contributed by atoms with van der Waals surface area (Å²) in [5.41, 5.74) is -1.95. The van der Waals surface area contributed by atoms with E-state index in [0.717, 1.165) is 0 Å². The molecular formula is C7H15F3N4OS. The van der Waals surface area contributed by atoms with Crippen LogP contribution in [0.1, 0.15) is 0 Å². The lowest BCUT2D eigenvalue weighted by atomic mass is 10.7. The Balaban J connectivity index is 3.67. The van der Waals surface area contributed by atoms with Crippen molar-refractivity contribution in [3.05, 3.63) is 0 Å². The van der Waals surface area contributed by atoms with Gasteiger partial charge in [0.2, 0.25) is 5.96 Å². The minimum Gasteiger partial charge on any atom is -0.383 e. The first kappa shape index (κ1) is 15.3. The second kappa shape index (κ2) is 8.48. The highest BCUT2D eigenvalue weighted by molar-refractivity contribution is 8.00. The molecule has 0 radical (unpaired) electrons. The van der Waals surface area contributed by atoms with Gasteiger partial charge in [-0.05, 0) is 11.8 Å². The molecule has 0 bridgehead atoms. The Morgan fingerprint density at radius 1 is 1.50 bits per heavy atom. The van der Waals surface area contributed by atoms with Gasteiger partial charge in [-0.3, -0.25) is 5.43 Å². The molecule has 0 rings (SSSR count). The molecular weight excluding hydrogens is 245 g/mol. The highest BCUT2D eigenvalue weighted by Gasteiger charge is 2.27. The standard InChI is InChI=1S/C7H15F3N4OS/c1-15-4-2-12-6(14-11)13-3-5-16-7(8,9)10/h2-5,11H2,1H3,(H2,12,13,14). The molecule has 96 valence electrons. The first-order valence-corrected chi connectivity index (χ1v) is 5.42. The third-order valence-corrected chi connectivity index (χ3v) is 2.10. The van der Waals surface area contributed by atoms with Crippen molar-refractivity contribution in [2.45, 2.75) is 5.51 Å². The molecule has 0 saturated carbocycles. The Bertz CT molecular complexity index is 212. The van der Waals surface area contributed by atoms with Gasteiger partial charge >= 0.3 is 5.51 Å². The number of hydrogen-bond donors (Lipinski definition) is 3. The largest absolute Gasteiger partial charge is 0.441 e. The van der Waals surface area contributed by atoms with E-state index in [-0.39, 0.29) is 30.0 Å². The fourth-order valence-corrected chi connectivity index (χ4v) is 1.17. The molecule has 0 amide bonds. The van der Waals surface area contributed by atoms with E-state index in [1.165, 1.54) is 7.11 Å². The molecule has 4 N–H and O–H groups in total. The minimum absolute atomic E-state index is 0.0964. The number of alkyl halides is 3. The summed E-state index contributed by atoms with van der Waals surface area (Å²) in [7, 11) is 1.53. The first-order chi connectivity index (χ1) is 7.49. The van der Waals surface area contributed by atoms with E-state index in [4.69, 9.17) is 10.6 Å². The topological polar surface area (TPSA) is 71.7 Å². The van der Waals surface area contributed by atoms with Crippen molar-refractivity contribution in [2.75, 3.05) is 32.6 Å². The highest BCUT2D eigenvalue weighted by Crippen LogP contribution is 2.29. The molecule has 16 heavy (non-hydrogen) atoms. The molecule has 5 nitrogen and oxygen atoms in total. The van der Waals surface area contributed by atoms with Crippen LogP contribution >= 0.6 is 11.8 Å². The van der Waals surface area contributed by atoms with Crippen molar-refractivity contribution in [1.29, 1.82) is 0 Å². The molecule has 0 aliphatic carbocycles. The molecule has 0 heterocycles. The van der Waals surface area contributed by atoms with Gasteiger partial charge in [0.25, 0.3) is 0 Å². The molecule has 0 atom stereocenters. The average Bonchev–Trinajstić information content (AvgIpc) is 2.20. The van der Waals surface area contributed by atoms with Crippen LogP contribution in [0.2, 0.25) is 0 Å². The number of hydrogen-bond acceptors (Lipinski definition) is 4. The van der Waals surface area contributed by atoms with Gasteiger partial charge in [0.05, 0.1) is 13.2 Å². The molecule has 0 fully saturated rings. The van der Waals surface area contributed by atoms with Gasteiger partial charge in [-0.25, -0.2) is 10.8 Å². The van der Waals surface area contributed by atoms with Crippen molar-refractivity contribution in [3.8, 4) is 0 Å². The zero-order valence-electron chi connectivity index (χ0n) is 8.80. The van der Waals surface area contributed by atoms with E-state index < -0.39 is 5.51 Å². The molecule has 0 aromatic rings. The number of rotatable bonds is 6. The lowest BCUT2D eigenvalue weighted by Gasteiger charge is -2.09. The number of nitrogens with one attached hydrogen (secondary N) is 2. The molecule has 0 aromatic carbocycles. The van der Waals surface area contributed by atoms with Crippen molar-refractivity contribution in [3.63, 3.8) is 0 Å². The maximum atomic E-state index is 11.8. The van der Waals surface area contributed by atoms with Crippen LogP contribution in [0.4, 0.5) is 13.2 Å². The molecule has 0 unspecified atom stereocenters. The third-order valence-electron chi connectivity index (χ3n) is 1.36. The van der Waals surface area contributed by atoms with Crippen LogP contribution in [-0.2, 0) is 4.74 Å². The van der Waals surface area contributed by atoms with Gasteiger partial charge < -0.3 is 10.1 Å². The number of nitrogens with two attached hydrogens (primary N) is 1. The Morgan fingerprint density at radius 2 is 2.19 bits per heavy atom. The number of nitrogens with zero attached hydrogens (tertiary/aromatic N) is 1. The normalized spacial score (nSPS) is 12.7. The summed E-state index contributed by atoms with van der Waals surface area (Å²) in [4.78, 5) is 3.92. The monoisotopic (exact) mass is 260 g/mol. The van der Waals surface area contributed by atoms with Gasteiger partial charge in [-0.2, -0.15) is 13.2 Å². The minimum atomic E-state index is -4.20. The van der Waals surface area contributed by atoms with E-state index >= 15 is 0 Å². The summed E-state index contributed by atoms with van der Waals surface area (Å²) in [6.07, 6.45) is 0. The molecule has 0 aliphatic heterocycles. The summed E-state index contributed by atoms with van der Waals surface area (Å²) in [5, 5.41) is 2.64.